The van der Waals surface area contributed by atoms with Crippen molar-refractivity contribution in [2.75, 3.05) is 32.8 Å². The molecule has 1 aliphatic heterocycles. The molecule has 1 aliphatic rings. The van der Waals surface area contributed by atoms with Crippen LogP contribution in [-0.4, -0.2) is 143 Å². The summed E-state index contributed by atoms with van der Waals surface area (Å²) in [4.78, 5) is 104. The molecule has 1 heterocycles. The fourth-order valence-electron chi connectivity index (χ4n) is 4.43. The van der Waals surface area contributed by atoms with E-state index in [1.165, 1.54) is 6.92 Å². The van der Waals surface area contributed by atoms with E-state index in [2.05, 4.69) is 31.6 Å². The Morgan fingerprint density at radius 2 is 1.46 bits per heavy atom. The molecular formula is C26H45N11O11. The van der Waals surface area contributed by atoms with Gasteiger partial charge in [0.05, 0.1) is 32.2 Å². The molecule has 1 rings (SSSR count). The van der Waals surface area contributed by atoms with Gasteiger partial charge < -0.3 is 69.7 Å². The van der Waals surface area contributed by atoms with Crippen LogP contribution in [0.1, 0.15) is 39.0 Å². The SMILES string of the molecule is C[C@@H](O)[C@H](N)C(=O)NCC(=O)N[C@@H](CCCN=C(N)N)C(=O)NCC(=O)N[C@@H](CC(=O)O)C(=O)N[C@@H](CO)C(=O)N1CCC[C@H]1C(N)=O. The van der Waals surface area contributed by atoms with E-state index in [1.54, 1.807) is 0 Å². The monoisotopic (exact) mass is 687 g/mol. The number of nitrogens with one attached hydrogen (secondary N) is 5. The molecule has 22 heteroatoms. The minimum absolute atomic E-state index is 0.0364. The second-order valence-corrected chi connectivity index (χ2v) is 10.8. The number of carboxylic acids is 1. The number of carbonyl (C=O) groups is 8. The first-order valence-corrected chi connectivity index (χ1v) is 14.8. The van der Waals surface area contributed by atoms with Crippen LogP contribution < -0.4 is 49.5 Å². The van der Waals surface area contributed by atoms with Crippen molar-refractivity contribution >= 4 is 53.3 Å². The number of nitrogens with two attached hydrogens (primary N) is 4. The summed E-state index contributed by atoms with van der Waals surface area (Å²) in [5.41, 5.74) is 21.4. The number of carboxylic acid groups (broad SMARTS) is 1. The van der Waals surface area contributed by atoms with Gasteiger partial charge in [-0.15, -0.1) is 0 Å². The highest BCUT2D eigenvalue weighted by molar-refractivity contribution is 5.97. The van der Waals surface area contributed by atoms with E-state index in [-0.39, 0.29) is 38.3 Å². The van der Waals surface area contributed by atoms with Gasteiger partial charge in [0.2, 0.25) is 41.4 Å². The van der Waals surface area contributed by atoms with Gasteiger partial charge >= 0.3 is 5.97 Å². The molecule has 16 N–H and O–H groups in total. The van der Waals surface area contributed by atoms with Crippen LogP contribution in [0.25, 0.3) is 0 Å². The van der Waals surface area contributed by atoms with Gasteiger partial charge in [0, 0.05) is 13.1 Å². The molecule has 0 aliphatic carbocycles. The highest BCUT2D eigenvalue weighted by Crippen LogP contribution is 2.18. The zero-order valence-electron chi connectivity index (χ0n) is 26.3. The standard InChI is InChI=1S/C26H45N11O11/c1-12(39)20(27)24(47)33-10-17(40)34-13(4-2-6-31-26(29)30)22(45)32-9-18(41)35-14(8-19(42)43)23(46)36-15(11-38)25(48)37-7-3-5-16(37)21(28)44/h12-16,20,38-39H,2-11,27H2,1H3,(H2,28,44)(H,32,45)(H,33,47)(H,34,40)(H,35,41)(H,36,46)(H,42,43)(H4,29,30,31)/t12-,13+,14+,15+,16+,20+/m1/s1. The number of likely N-dealkylation sites (tertiary alicyclic amines) is 1. The van der Waals surface area contributed by atoms with Crippen LogP contribution in [0, 0.1) is 0 Å². The summed E-state index contributed by atoms with van der Waals surface area (Å²) < 4.78 is 0. The summed E-state index contributed by atoms with van der Waals surface area (Å²) >= 11 is 0. The van der Waals surface area contributed by atoms with Crippen molar-refractivity contribution in [3.8, 4) is 0 Å². The molecule has 6 atom stereocenters. The first kappa shape index (κ1) is 40.9. The van der Waals surface area contributed by atoms with Crippen molar-refractivity contribution < 1.29 is 53.7 Å². The highest BCUT2D eigenvalue weighted by atomic mass is 16.4. The van der Waals surface area contributed by atoms with Crippen LogP contribution in [0.4, 0.5) is 0 Å². The topological polar surface area (TPSA) is 377 Å². The average molecular weight is 688 g/mol. The summed E-state index contributed by atoms with van der Waals surface area (Å²) in [5.74, 6) is -8.05. The van der Waals surface area contributed by atoms with Crippen molar-refractivity contribution in [1.29, 1.82) is 0 Å². The average Bonchev–Trinajstić information content (AvgIpc) is 3.51. The van der Waals surface area contributed by atoms with Crippen molar-refractivity contribution in [3.05, 3.63) is 0 Å². The summed E-state index contributed by atoms with van der Waals surface area (Å²) in [6.45, 7) is -0.829. The zero-order valence-corrected chi connectivity index (χ0v) is 26.3. The maximum atomic E-state index is 12.9. The molecule has 0 radical (unpaired) electrons. The third-order valence-electron chi connectivity index (χ3n) is 6.96. The third-order valence-corrected chi connectivity index (χ3v) is 6.96. The van der Waals surface area contributed by atoms with E-state index in [0.29, 0.717) is 6.42 Å². The number of primary amides is 1. The van der Waals surface area contributed by atoms with E-state index >= 15 is 0 Å². The van der Waals surface area contributed by atoms with E-state index in [0.717, 1.165) is 4.90 Å². The summed E-state index contributed by atoms with van der Waals surface area (Å²) in [6, 6.07) is -6.87. The lowest BCUT2D eigenvalue weighted by Crippen LogP contribution is -2.58. The molecule has 1 saturated heterocycles. The van der Waals surface area contributed by atoms with Gasteiger partial charge in [0.25, 0.3) is 0 Å². The van der Waals surface area contributed by atoms with Gasteiger partial charge in [-0.05, 0) is 32.6 Å². The molecule has 270 valence electrons. The van der Waals surface area contributed by atoms with E-state index < -0.39 is 110 Å². The molecule has 22 nitrogen and oxygen atoms in total. The number of nitrogens with zero attached hydrogens (tertiary/aromatic N) is 2. The second-order valence-electron chi connectivity index (χ2n) is 10.8. The predicted molar refractivity (Wildman–Crippen MR) is 165 cm³/mol. The summed E-state index contributed by atoms with van der Waals surface area (Å²) in [5, 5.41) is 39.5. The van der Waals surface area contributed by atoms with Crippen molar-refractivity contribution in [3.63, 3.8) is 0 Å². The Bertz CT molecular complexity index is 1230. The highest BCUT2D eigenvalue weighted by Gasteiger charge is 2.37. The minimum atomic E-state index is -1.76. The molecule has 0 aromatic heterocycles. The first-order valence-electron chi connectivity index (χ1n) is 14.8. The number of aliphatic hydroxyl groups excluding tert-OH is 2. The fraction of sp³-hybridized carbons (Fsp3) is 0.654. The molecule has 0 saturated carbocycles. The lowest BCUT2D eigenvalue weighted by atomic mass is 10.1. The molecular weight excluding hydrogens is 642 g/mol. The van der Waals surface area contributed by atoms with Crippen molar-refractivity contribution in [1.82, 2.24) is 31.5 Å². The van der Waals surface area contributed by atoms with Crippen LogP contribution in [0.5, 0.6) is 0 Å². The molecule has 0 aromatic rings. The van der Waals surface area contributed by atoms with Gasteiger partial charge in [-0.2, -0.15) is 0 Å². The lowest BCUT2D eigenvalue weighted by molar-refractivity contribution is -0.143. The molecule has 1 fully saturated rings. The van der Waals surface area contributed by atoms with Gasteiger partial charge in [0.1, 0.15) is 30.2 Å². The first-order chi connectivity index (χ1) is 22.5. The summed E-state index contributed by atoms with van der Waals surface area (Å²) in [6.07, 6.45) is -1.26. The van der Waals surface area contributed by atoms with Crippen LogP contribution in [0.2, 0.25) is 0 Å². The third kappa shape index (κ3) is 14.1. The molecule has 0 aromatic carbocycles. The molecule has 48 heavy (non-hydrogen) atoms. The Morgan fingerprint density at radius 3 is 1.98 bits per heavy atom. The van der Waals surface area contributed by atoms with Crippen molar-refractivity contribution in [2.45, 2.75) is 75.3 Å². The number of hydrogen-bond donors (Lipinski definition) is 12. The Labute approximate surface area is 274 Å². The quantitative estimate of drug-likeness (QED) is 0.0321. The Kier molecular flexibility index (Phi) is 17.2. The molecule has 0 spiro atoms. The van der Waals surface area contributed by atoms with Gasteiger partial charge in [-0.1, -0.05) is 0 Å². The van der Waals surface area contributed by atoms with Crippen LogP contribution in [0.3, 0.4) is 0 Å². The number of hydrogen-bond acceptors (Lipinski definition) is 12. The number of amides is 7. The molecule has 7 amide bonds. The van der Waals surface area contributed by atoms with Crippen LogP contribution >= 0.6 is 0 Å². The van der Waals surface area contributed by atoms with Gasteiger partial charge in [0.15, 0.2) is 5.96 Å². The number of rotatable bonds is 20. The number of aliphatic hydroxyl groups is 2. The number of aliphatic carboxylic acids is 1. The van der Waals surface area contributed by atoms with Crippen LogP contribution in [0.15, 0.2) is 4.99 Å². The normalized spacial score (nSPS) is 17.0. The van der Waals surface area contributed by atoms with Crippen LogP contribution in [-0.2, 0) is 38.4 Å². The largest absolute Gasteiger partial charge is 0.481 e. The minimum Gasteiger partial charge on any atom is -0.481 e. The Hall–Kier alpha value is -5.09. The van der Waals surface area contributed by atoms with Gasteiger partial charge in [-0.3, -0.25) is 43.3 Å². The Morgan fingerprint density at radius 1 is 0.875 bits per heavy atom. The van der Waals surface area contributed by atoms with Gasteiger partial charge in [-0.25, -0.2) is 0 Å². The molecule has 0 bridgehead atoms. The van der Waals surface area contributed by atoms with E-state index in [4.69, 9.17) is 22.9 Å². The Balaban J connectivity index is 2.88. The maximum Gasteiger partial charge on any atom is 0.305 e. The number of carbonyl (C=O) groups excluding carboxylic acids is 7. The van der Waals surface area contributed by atoms with Crippen molar-refractivity contribution in [2.24, 2.45) is 27.9 Å². The lowest BCUT2D eigenvalue weighted by Gasteiger charge is -2.28. The van der Waals surface area contributed by atoms with E-state index in [9.17, 15) is 53.7 Å². The smallest absolute Gasteiger partial charge is 0.305 e. The maximum absolute atomic E-state index is 12.9. The predicted octanol–water partition coefficient (Wildman–Crippen LogP) is -7.62. The fourth-order valence-corrected chi connectivity index (χ4v) is 4.43. The zero-order chi connectivity index (χ0) is 36.6. The molecule has 0 unspecified atom stereocenters. The number of aliphatic imine (C=N–C) groups is 1. The summed E-state index contributed by atoms with van der Waals surface area (Å²) in [7, 11) is 0. The second kappa shape index (κ2) is 20.2. The van der Waals surface area contributed by atoms with E-state index in [1.807, 2.05) is 0 Å². The number of guanidine groups is 1.